The van der Waals surface area contributed by atoms with Gasteiger partial charge in [0.2, 0.25) is 5.91 Å². The summed E-state index contributed by atoms with van der Waals surface area (Å²) in [5.41, 5.74) is 6.45. The maximum atomic E-state index is 13.3. The number of carbonyl (C=O) groups is 2. The van der Waals surface area contributed by atoms with E-state index in [0.29, 0.717) is 25.1 Å². The molecule has 4 rings (SSSR count). The summed E-state index contributed by atoms with van der Waals surface area (Å²) in [5.74, 6) is -0.774. The summed E-state index contributed by atoms with van der Waals surface area (Å²) < 4.78 is 7.52. The molecule has 8 nitrogen and oxygen atoms in total. The number of amides is 2. The highest BCUT2D eigenvalue weighted by Crippen LogP contribution is 2.46. The summed E-state index contributed by atoms with van der Waals surface area (Å²) >= 11 is 1.47. The Morgan fingerprint density at radius 2 is 2.12 bits per heavy atom. The first-order valence-electron chi connectivity index (χ1n) is 11.1. The molecule has 0 bridgehead atoms. The van der Waals surface area contributed by atoms with E-state index in [9.17, 15) is 14.9 Å². The number of thiophene rings is 1. The predicted octanol–water partition coefficient (Wildman–Crippen LogP) is 3.57. The summed E-state index contributed by atoms with van der Waals surface area (Å²) in [4.78, 5) is 32.9. The van der Waals surface area contributed by atoms with Crippen molar-refractivity contribution >= 4 is 23.3 Å². The van der Waals surface area contributed by atoms with Crippen LogP contribution in [0.5, 0.6) is 0 Å². The molecule has 9 heteroatoms. The molecule has 0 saturated heterocycles. The monoisotopic (exact) mass is 477 g/mol. The standard InChI is InChI=1S/C25H27N5O3S/c1-17-28-10-12-29(17)13-14-33-24(32)30-11-8-18-9-15-34-22(18)21(30)20(23(27)31)25(2,16-26)19-6-4-3-5-7-19/h3-7,9-10,12,15,20-21H,8,11,13-14H2,1-2H3,(H2,27,31). The molecule has 3 aromatic rings. The van der Waals surface area contributed by atoms with Gasteiger partial charge in [-0.05, 0) is 42.8 Å². The van der Waals surface area contributed by atoms with E-state index in [1.54, 1.807) is 18.0 Å². The maximum absolute atomic E-state index is 13.3. The van der Waals surface area contributed by atoms with Crippen molar-refractivity contribution in [3.8, 4) is 6.07 Å². The number of benzene rings is 1. The average molecular weight is 478 g/mol. The van der Waals surface area contributed by atoms with Gasteiger partial charge in [0.1, 0.15) is 12.4 Å². The summed E-state index contributed by atoms with van der Waals surface area (Å²) in [6.45, 7) is 4.60. The third-order valence-corrected chi connectivity index (χ3v) is 7.60. The molecule has 2 aromatic heterocycles. The van der Waals surface area contributed by atoms with Crippen LogP contribution in [-0.4, -0.2) is 39.6 Å². The van der Waals surface area contributed by atoms with Crippen LogP contribution in [0, 0.1) is 24.2 Å². The molecule has 3 unspecified atom stereocenters. The third kappa shape index (κ3) is 4.29. The van der Waals surface area contributed by atoms with Gasteiger partial charge in [0.05, 0.1) is 30.0 Å². The van der Waals surface area contributed by atoms with Gasteiger partial charge in [-0.25, -0.2) is 9.78 Å². The smallest absolute Gasteiger partial charge is 0.410 e. The number of nitriles is 1. The summed E-state index contributed by atoms with van der Waals surface area (Å²) in [6, 6.07) is 12.8. The van der Waals surface area contributed by atoms with Crippen LogP contribution in [-0.2, 0) is 27.9 Å². The Kier molecular flexibility index (Phi) is 6.70. The van der Waals surface area contributed by atoms with Gasteiger partial charge in [-0.3, -0.25) is 9.69 Å². The maximum Gasteiger partial charge on any atom is 0.410 e. The Morgan fingerprint density at radius 3 is 2.76 bits per heavy atom. The van der Waals surface area contributed by atoms with E-state index in [1.807, 2.05) is 59.5 Å². The number of hydrogen-bond donors (Lipinski definition) is 1. The molecule has 1 aliphatic rings. The lowest BCUT2D eigenvalue weighted by Crippen LogP contribution is -2.52. The molecule has 2 amide bonds. The molecule has 0 saturated carbocycles. The molecule has 1 aromatic carbocycles. The highest BCUT2D eigenvalue weighted by Gasteiger charge is 2.50. The first kappa shape index (κ1) is 23.5. The molecule has 2 N–H and O–H groups in total. The molecular weight excluding hydrogens is 450 g/mol. The van der Waals surface area contributed by atoms with Gasteiger partial charge in [-0.2, -0.15) is 5.26 Å². The van der Waals surface area contributed by atoms with E-state index in [-0.39, 0.29) is 6.61 Å². The summed E-state index contributed by atoms with van der Waals surface area (Å²) in [6.07, 6.45) is 3.64. The van der Waals surface area contributed by atoms with E-state index in [4.69, 9.17) is 10.5 Å². The molecule has 3 heterocycles. The lowest BCUT2D eigenvalue weighted by Gasteiger charge is -2.43. The van der Waals surface area contributed by atoms with E-state index in [2.05, 4.69) is 11.1 Å². The number of aryl methyl sites for hydroxylation is 1. The van der Waals surface area contributed by atoms with Gasteiger partial charge in [0.15, 0.2) is 0 Å². The fraction of sp³-hybridized carbons (Fsp3) is 0.360. The number of imidazole rings is 1. The second kappa shape index (κ2) is 9.69. The van der Waals surface area contributed by atoms with Crippen molar-refractivity contribution in [3.05, 3.63) is 76.0 Å². The Hall–Kier alpha value is -3.64. The van der Waals surface area contributed by atoms with E-state index in [1.165, 1.54) is 11.3 Å². The minimum atomic E-state index is -1.25. The van der Waals surface area contributed by atoms with Crippen molar-refractivity contribution in [2.45, 2.75) is 38.3 Å². The van der Waals surface area contributed by atoms with Gasteiger partial charge >= 0.3 is 6.09 Å². The summed E-state index contributed by atoms with van der Waals surface area (Å²) in [5, 5.41) is 12.2. The van der Waals surface area contributed by atoms with Crippen molar-refractivity contribution in [3.63, 3.8) is 0 Å². The Labute approximate surface area is 202 Å². The molecule has 1 aliphatic heterocycles. The topological polar surface area (TPSA) is 114 Å². The lowest BCUT2D eigenvalue weighted by atomic mass is 9.67. The van der Waals surface area contributed by atoms with Crippen molar-refractivity contribution < 1.29 is 14.3 Å². The first-order valence-corrected chi connectivity index (χ1v) is 12.0. The predicted molar refractivity (Wildman–Crippen MR) is 128 cm³/mol. The number of carbonyl (C=O) groups excluding carboxylic acids is 2. The number of fused-ring (bicyclic) bond motifs is 1. The van der Waals surface area contributed by atoms with Crippen molar-refractivity contribution in [1.29, 1.82) is 5.26 Å². The Morgan fingerprint density at radius 1 is 1.35 bits per heavy atom. The van der Waals surface area contributed by atoms with Crippen LogP contribution in [0.25, 0.3) is 0 Å². The highest BCUT2D eigenvalue weighted by molar-refractivity contribution is 7.10. The zero-order chi connectivity index (χ0) is 24.3. The number of ether oxygens (including phenoxy) is 1. The number of rotatable bonds is 7. The number of primary amides is 1. The molecular formula is C25H27N5O3S. The molecule has 0 spiro atoms. The number of nitrogens with two attached hydrogens (primary N) is 1. The van der Waals surface area contributed by atoms with Crippen molar-refractivity contribution in [2.75, 3.05) is 13.2 Å². The van der Waals surface area contributed by atoms with Crippen LogP contribution in [0.3, 0.4) is 0 Å². The minimum Gasteiger partial charge on any atom is -0.447 e. The SMILES string of the molecule is Cc1nccn1CCOC(=O)N1CCc2ccsc2C1C(C(N)=O)C(C)(C#N)c1ccccc1. The first-order chi connectivity index (χ1) is 16.4. The van der Waals surface area contributed by atoms with E-state index < -0.39 is 29.4 Å². The second-order valence-electron chi connectivity index (χ2n) is 8.54. The second-order valence-corrected chi connectivity index (χ2v) is 9.49. The molecule has 176 valence electrons. The molecule has 0 radical (unpaired) electrons. The van der Waals surface area contributed by atoms with Crippen molar-refractivity contribution in [1.82, 2.24) is 14.5 Å². The fourth-order valence-corrected chi connectivity index (χ4v) is 5.78. The van der Waals surface area contributed by atoms with E-state index >= 15 is 0 Å². The average Bonchev–Trinajstić information content (AvgIpc) is 3.48. The molecule has 34 heavy (non-hydrogen) atoms. The van der Waals surface area contributed by atoms with Crippen molar-refractivity contribution in [2.24, 2.45) is 11.7 Å². The zero-order valence-electron chi connectivity index (χ0n) is 19.2. The van der Waals surface area contributed by atoms with E-state index in [0.717, 1.165) is 16.3 Å². The number of nitrogens with zero attached hydrogens (tertiary/aromatic N) is 4. The van der Waals surface area contributed by atoms with Gasteiger partial charge in [-0.15, -0.1) is 11.3 Å². The Balaban J connectivity index is 1.67. The molecule has 0 fully saturated rings. The van der Waals surface area contributed by atoms with Crippen LogP contribution in [0.2, 0.25) is 0 Å². The fourth-order valence-electron chi connectivity index (χ4n) is 4.68. The van der Waals surface area contributed by atoms with Gasteiger partial charge in [0, 0.05) is 23.8 Å². The molecule has 0 aliphatic carbocycles. The highest BCUT2D eigenvalue weighted by atomic mass is 32.1. The third-order valence-electron chi connectivity index (χ3n) is 6.57. The summed E-state index contributed by atoms with van der Waals surface area (Å²) in [7, 11) is 0. The van der Waals surface area contributed by atoms with Crippen LogP contribution in [0.1, 0.15) is 34.8 Å². The van der Waals surface area contributed by atoms with Crippen LogP contribution in [0.15, 0.2) is 54.2 Å². The van der Waals surface area contributed by atoms with Crippen LogP contribution in [0.4, 0.5) is 4.79 Å². The molecule has 3 atom stereocenters. The number of hydrogen-bond acceptors (Lipinski definition) is 6. The lowest BCUT2D eigenvalue weighted by molar-refractivity contribution is -0.125. The largest absolute Gasteiger partial charge is 0.447 e. The zero-order valence-corrected chi connectivity index (χ0v) is 20.0. The Bertz CT molecular complexity index is 1210. The van der Waals surface area contributed by atoms with Gasteiger partial charge in [-0.1, -0.05) is 30.3 Å². The van der Waals surface area contributed by atoms with Crippen LogP contribution < -0.4 is 5.73 Å². The quantitative estimate of drug-likeness (QED) is 0.559. The van der Waals surface area contributed by atoms with Gasteiger partial charge in [0.25, 0.3) is 0 Å². The number of aromatic nitrogens is 2. The normalized spacial score (nSPS) is 17.8. The van der Waals surface area contributed by atoms with Gasteiger partial charge < -0.3 is 15.0 Å². The minimum absolute atomic E-state index is 0.159. The van der Waals surface area contributed by atoms with Crippen LogP contribution >= 0.6 is 11.3 Å².